The average Bonchev–Trinajstić information content (AvgIpc) is 2.88. The molecule has 1 fully saturated rings. The topological polar surface area (TPSA) is 100 Å². The van der Waals surface area contributed by atoms with E-state index in [0.29, 0.717) is 43.7 Å². The van der Waals surface area contributed by atoms with Crippen LogP contribution in [-0.4, -0.2) is 39.8 Å². The van der Waals surface area contributed by atoms with Gasteiger partial charge < -0.3 is 10.6 Å². The molecule has 3 aromatic rings. The Labute approximate surface area is 207 Å². The fourth-order valence-corrected chi connectivity index (χ4v) is 4.29. The van der Waals surface area contributed by atoms with Gasteiger partial charge in [-0.1, -0.05) is 12.1 Å². The summed E-state index contributed by atoms with van der Waals surface area (Å²) in [6.45, 7) is 3.71. The summed E-state index contributed by atoms with van der Waals surface area (Å²) in [6, 6.07) is 13.4. The third-order valence-corrected chi connectivity index (χ3v) is 6.27. The molecule has 0 spiro atoms. The molecule has 1 aromatic heterocycles. The normalized spacial score (nSPS) is 15.3. The third-order valence-electron chi connectivity index (χ3n) is 6.27. The van der Waals surface area contributed by atoms with Gasteiger partial charge in [0.2, 0.25) is 0 Å². The van der Waals surface area contributed by atoms with Crippen LogP contribution in [0.2, 0.25) is 0 Å². The number of nitrogens with zero attached hydrogens (tertiary/aromatic N) is 3. The Hall–Kier alpha value is -3.92. The van der Waals surface area contributed by atoms with Crippen molar-refractivity contribution in [3.8, 4) is 0 Å². The first-order valence-electron chi connectivity index (χ1n) is 11.7. The summed E-state index contributed by atoms with van der Waals surface area (Å²) in [5.74, 6) is -2.11. The summed E-state index contributed by atoms with van der Waals surface area (Å²) >= 11 is 0. The van der Waals surface area contributed by atoms with Crippen molar-refractivity contribution in [2.45, 2.75) is 38.4 Å². The molecule has 1 aliphatic rings. The van der Waals surface area contributed by atoms with Gasteiger partial charge in [0.15, 0.2) is 11.6 Å². The van der Waals surface area contributed by atoms with Crippen LogP contribution in [-0.2, 0) is 6.54 Å². The third kappa shape index (κ3) is 6.19. The minimum Gasteiger partial charge on any atom is -0.371 e. The van der Waals surface area contributed by atoms with Crippen molar-refractivity contribution >= 4 is 17.3 Å². The molecule has 4 rings (SSSR count). The zero-order chi connectivity index (χ0) is 25.7. The summed E-state index contributed by atoms with van der Waals surface area (Å²) in [5.41, 5.74) is 1.76. The summed E-state index contributed by atoms with van der Waals surface area (Å²) in [6.07, 6.45) is 3.01. The van der Waals surface area contributed by atoms with Gasteiger partial charge in [-0.2, -0.15) is 0 Å². The predicted molar refractivity (Wildman–Crippen MR) is 131 cm³/mol. The van der Waals surface area contributed by atoms with Gasteiger partial charge in [-0.15, -0.1) is 0 Å². The molecule has 1 unspecified atom stereocenters. The number of nitro groups is 1. The van der Waals surface area contributed by atoms with Crippen LogP contribution in [0.4, 0.5) is 20.2 Å². The number of rotatable bonds is 8. The number of pyridine rings is 1. The Morgan fingerprint density at radius 3 is 2.58 bits per heavy atom. The van der Waals surface area contributed by atoms with E-state index in [1.807, 2.05) is 19.1 Å². The van der Waals surface area contributed by atoms with Gasteiger partial charge in [0.05, 0.1) is 16.7 Å². The number of carbonyl (C=O) groups is 1. The maximum atomic E-state index is 13.5. The smallest absolute Gasteiger partial charge is 0.293 e. The number of anilines is 1. The number of nitro benzene ring substituents is 1. The van der Waals surface area contributed by atoms with Gasteiger partial charge in [0.25, 0.3) is 11.6 Å². The van der Waals surface area contributed by atoms with Crippen LogP contribution < -0.4 is 10.6 Å². The Bertz CT molecular complexity index is 1230. The van der Waals surface area contributed by atoms with E-state index < -0.39 is 16.6 Å². The number of nitrogens with one attached hydrogen (secondary N) is 2. The van der Waals surface area contributed by atoms with E-state index in [9.17, 15) is 23.7 Å². The van der Waals surface area contributed by atoms with Crippen LogP contribution in [0, 0.1) is 21.7 Å². The van der Waals surface area contributed by atoms with Gasteiger partial charge in [-0.05, 0) is 61.7 Å². The van der Waals surface area contributed by atoms with Gasteiger partial charge in [0.1, 0.15) is 5.69 Å². The molecule has 2 aromatic carbocycles. The fourth-order valence-electron chi connectivity index (χ4n) is 4.29. The second-order valence-corrected chi connectivity index (χ2v) is 8.88. The largest absolute Gasteiger partial charge is 0.371 e. The maximum absolute atomic E-state index is 13.5. The van der Waals surface area contributed by atoms with E-state index in [1.165, 1.54) is 18.2 Å². The number of piperidine rings is 1. The molecule has 8 nitrogen and oxygen atoms in total. The van der Waals surface area contributed by atoms with Crippen LogP contribution in [0.15, 0.2) is 60.8 Å². The molecule has 36 heavy (non-hydrogen) atoms. The number of hydrogen-bond donors (Lipinski definition) is 2. The highest BCUT2D eigenvalue weighted by atomic mass is 19.2. The molecule has 0 aliphatic carbocycles. The van der Waals surface area contributed by atoms with Crippen molar-refractivity contribution in [2.75, 3.05) is 18.4 Å². The number of halogens is 2. The number of hydrogen-bond acceptors (Lipinski definition) is 6. The van der Waals surface area contributed by atoms with Crippen LogP contribution in [0.1, 0.15) is 47.4 Å². The Balaban J connectivity index is 1.35. The van der Waals surface area contributed by atoms with Crippen molar-refractivity contribution in [3.05, 3.63) is 99.4 Å². The van der Waals surface area contributed by atoms with Crippen molar-refractivity contribution in [1.82, 2.24) is 15.2 Å². The SMILES string of the molecule is CC(Nc1ccc(C(=O)NC2CCN(Cc3ccc(F)c(F)c3)CC2)cc1[N+](=O)[O-])c1ccccn1. The molecule has 0 bridgehead atoms. The molecular weight excluding hydrogens is 468 g/mol. The van der Waals surface area contributed by atoms with Gasteiger partial charge >= 0.3 is 0 Å². The average molecular weight is 496 g/mol. The molecule has 1 aliphatic heterocycles. The molecule has 0 saturated carbocycles. The predicted octanol–water partition coefficient (Wildman–Crippen LogP) is 4.84. The molecule has 1 saturated heterocycles. The summed E-state index contributed by atoms with van der Waals surface area (Å²) < 4.78 is 26.6. The Morgan fingerprint density at radius 1 is 1.14 bits per heavy atom. The lowest BCUT2D eigenvalue weighted by molar-refractivity contribution is -0.384. The first kappa shape index (κ1) is 25.2. The summed E-state index contributed by atoms with van der Waals surface area (Å²) in [5, 5.41) is 17.8. The highest BCUT2D eigenvalue weighted by Crippen LogP contribution is 2.29. The van der Waals surface area contributed by atoms with Crippen LogP contribution >= 0.6 is 0 Å². The van der Waals surface area contributed by atoms with Crippen molar-refractivity contribution in [2.24, 2.45) is 0 Å². The van der Waals surface area contributed by atoms with Crippen LogP contribution in [0.5, 0.6) is 0 Å². The van der Waals surface area contributed by atoms with Crippen LogP contribution in [0.3, 0.4) is 0 Å². The van der Waals surface area contributed by atoms with E-state index in [-0.39, 0.29) is 29.2 Å². The Kier molecular flexibility index (Phi) is 7.84. The van der Waals surface area contributed by atoms with Gasteiger partial charge in [0, 0.05) is 43.5 Å². The summed E-state index contributed by atoms with van der Waals surface area (Å²) in [4.78, 5) is 30.4. The first-order valence-corrected chi connectivity index (χ1v) is 11.7. The Morgan fingerprint density at radius 2 is 1.92 bits per heavy atom. The second-order valence-electron chi connectivity index (χ2n) is 8.88. The zero-order valence-corrected chi connectivity index (χ0v) is 19.8. The lowest BCUT2D eigenvalue weighted by Crippen LogP contribution is -2.44. The molecule has 2 heterocycles. The van der Waals surface area contributed by atoms with Crippen molar-refractivity contribution in [3.63, 3.8) is 0 Å². The fraction of sp³-hybridized carbons (Fsp3) is 0.308. The molecule has 188 valence electrons. The molecule has 10 heteroatoms. The van der Waals surface area contributed by atoms with Gasteiger partial charge in [-0.3, -0.25) is 24.8 Å². The lowest BCUT2D eigenvalue weighted by Gasteiger charge is -2.32. The number of benzene rings is 2. The molecule has 0 radical (unpaired) electrons. The van der Waals surface area contributed by atoms with E-state index in [0.717, 1.165) is 11.8 Å². The highest BCUT2D eigenvalue weighted by molar-refractivity contribution is 5.96. The number of carbonyl (C=O) groups excluding carboxylic acids is 1. The van der Waals surface area contributed by atoms with Crippen molar-refractivity contribution in [1.29, 1.82) is 0 Å². The summed E-state index contributed by atoms with van der Waals surface area (Å²) in [7, 11) is 0. The van der Waals surface area contributed by atoms with E-state index >= 15 is 0 Å². The zero-order valence-electron chi connectivity index (χ0n) is 19.8. The molecule has 2 N–H and O–H groups in total. The number of amides is 1. The minimum absolute atomic E-state index is 0.0836. The number of likely N-dealkylation sites (tertiary alicyclic amines) is 1. The minimum atomic E-state index is -0.869. The first-order chi connectivity index (χ1) is 17.3. The molecule has 1 amide bonds. The van der Waals surface area contributed by atoms with Crippen molar-refractivity contribution < 1.29 is 18.5 Å². The highest BCUT2D eigenvalue weighted by Gasteiger charge is 2.24. The lowest BCUT2D eigenvalue weighted by atomic mass is 10.0. The van der Waals surface area contributed by atoms with Gasteiger partial charge in [-0.25, -0.2) is 8.78 Å². The molecule has 1 atom stereocenters. The number of aromatic nitrogens is 1. The quantitative estimate of drug-likeness (QED) is 0.343. The maximum Gasteiger partial charge on any atom is 0.293 e. The monoisotopic (exact) mass is 495 g/mol. The van der Waals surface area contributed by atoms with E-state index in [2.05, 4.69) is 20.5 Å². The van der Waals surface area contributed by atoms with E-state index in [1.54, 1.807) is 24.4 Å². The van der Waals surface area contributed by atoms with Crippen LogP contribution in [0.25, 0.3) is 0 Å². The second kappa shape index (κ2) is 11.2. The standard InChI is InChI=1S/C26H27F2N5O3/c1-17(23-4-2-3-11-29-23)30-24-8-6-19(15-25(24)33(35)36)26(34)31-20-9-12-32(13-10-20)16-18-5-7-21(27)22(28)14-18/h2-8,11,14-15,17,20,30H,9-10,12-13,16H2,1H3,(H,31,34). The van der Waals surface area contributed by atoms with E-state index in [4.69, 9.17) is 0 Å². The molecular formula is C26H27F2N5O3.